The van der Waals surface area contributed by atoms with Crippen LogP contribution in [-0.2, 0) is 28.8 Å². The topological polar surface area (TPSA) is 143 Å². The molecule has 0 rings (SSSR count). The van der Waals surface area contributed by atoms with E-state index in [2.05, 4.69) is 0 Å². The van der Waals surface area contributed by atoms with Gasteiger partial charge < -0.3 is 10.2 Å². The molecule has 8 heteroatoms. The zero-order valence-corrected chi connectivity index (χ0v) is 14.8. The zero-order valence-electron chi connectivity index (χ0n) is 14.8. The van der Waals surface area contributed by atoms with Crippen LogP contribution < -0.4 is 0 Å². The van der Waals surface area contributed by atoms with E-state index in [-0.39, 0.29) is 100 Å². The van der Waals surface area contributed by atoms with E-state index in [1.807, 2.05) is 0 Å². The number of ketones is 4. The maximum absolute atomic E-state index is 11.7. The Kier molecular flexibility index (Phi) is 12.6. The van der Waals surface area contributed by atoms with Crippen LogP contribution in [0.15, 0.2) is 0 Å². The summed E-state index contributed by atoms with van der Waals surface area (Å²) in [6.07, 6.45) is 0.813. The van der Waals surface area contributed by atoms with Crippen molar-refractivity contribution in [2.45, 2.75) is 77.0 Å². The summed E-state index contributed by atoms with van der Waals surface area (Å²) >= 11 is 0. The Morgan fingerprint density at radius 1 is 0.385 bits per heavy atom. The molecule has 0 aromatic carbocycles. The van der Waals surface area contributed by atoms with Crippen molar-refractivity contribution in [3.05, 3.63) is 0 Å². The normalized spacial score (nSPS) is 10.3. The summed E-state index contributed by atoms with van der Waals surface area (Å²) in [4.78, 5) is 66.9. The van der Waals surface area contributed by atoms with Gasteiger partial charge in [-0.15, -0.1) is 0 Å². The van der Waals surface area contributed by atoms with Gasteiger partial charge in [0.15, 0.2) is 0 Å². The predicted molar refractivity (Wildman–Crippen MR) is 90.7 cm³/mol. The van der Waals surface area contributed by atoms with Crippen molar-refractivity contribution >= 4 is 35.1 Å². The molecule has 0 amide bonds. The number of carbonyl (C=O) groups excluding carboxylic acids is 4. The number of rotatable bonds is 17. The van der Waals surface area contributed by atoms with Crippen LogP contribution in [0.2, 0.25) is 0 Å². The van der Waals surface area contributed by atoms with Crippen molar-refractivity contribution in [2.75, 3.05) is 0 Å². The summed E-state index contributed by atoms with van der Waals surface area (Å²) in [7, 11) is 0. The summed E-state index contributed by atoms with van der Waals surface area (Å²) in [5.74, 6) is -2.69. The molecule has 0 aromatic heterocycles. The van der Waals surface area contributed by atoms with Gasteiger partial charge in [0.25, 0.3) is 0 Å². The van der Waals surface area contributed by atoms with Crippen molar-refractivity contribution in [3.8, 4) is 0 Å². The molecule has 0 atom stereocenters. The van der Waals surface area contributed by atoms with Gasteiger partial charge in [0, 0.05) is 64.2 Å². The average Bonchev–Trinajstić information content (AvgIpc) is 2.55. The molecular weight excluding hydrogens is 344 g/mol. The van der Waals surface area contributed by atoms with Crippen LogP contribution in [0.1, 0.15) is 77.0 Å². The van der Waals surface area contributed by atoms with E-state index in [9.17, 15) is 28.8 Å². The van der Waals surface area contributed by atoms with Gasteiger partial charge in [-0.2, -0.15) is 0 Å². The lowest BCUT2D eigenvalue weighted by molar-refractivity contribution is -0.138. The third-order valence-corrected chi connectivity index (χ3v) is 3.74. The fourth-order valence-electron chi connectivity index (χ4n) is 2.21. The Morgan fingerprint density at radius 3 is 0.846 bits per heavy atom. The number of aliphatic carboxylic acids is 2. The number of hydrogen-bond acceptors (Lipinski definition) is 6. The summed E-state index contributed by atoms with van der Waals surface area (Å²) in [5, 5.41) is 16.9. The van der Waals surface area contributed by atoms with E-state index in [0.29, 0.717) is 0 Å². The van der Waals surface area contributed by atoms with E-state index >= 15 is 0 Å². The molecule has 0 saturated heterocycles. The number of carboxylic acid groups (broad SMARTS) is 2. The Hall–Kier alpha value is -2.38. The molecule has 0 unspecified atom stereocenters. The maximum Gasteiger partial charge on any atom is 0.303 e. The molecule has 26 heavy (non-hydrogen) atoms. The molecule has 0 radical (unpaired) electrons. The van der Waals surface area contributed by atoms with Crippen molar-refractivity contribution in [3.63, 3.8) is 0 Å². The minimum absolute atomic E-state index is 0.0223. The number of carbonyl (C=O) groups is 6. The lowest BCUT2D eigenvalue weighted by Crippen LogP contribution is -2.09. The Morgan fingerprint density at radius 2 is 0.615 bits per heavy atom. The molecule has 0 spiro atoms. The first kappa shape index (κ1) is 23.6. The fourth-order valence-corrected chi connectivity index (χ4v) is 2.21. The van der Waals surface area contributed by atoms with Gasteiger partial charge in [-0.1, -0.05) is 0 Å². The molecule has 8 nitrogen and oxygen atoms in total. The van der Waals surface area contributed by atoms with Gasteiger partial charge in [0.05, 0.1) is 0 Å². The van der Waals surface area contributed by atoms with Crippen LogP contribution in [0.4, 0.5) is 0 Å². The van der Waals surface area contributed by atoms with E-state index in [1.165, 1.54) is 0 Å². The predicted octanol–water partition coefficient (Wildman–Crippen LogP) is 2.11. The minimum Gasteiger partial charge on any atom is -0.481 e. The van der Waals surface area contributed by atoms with E-state index in [1.54, 1.807) is 0 Å². The summed E-state index contributed by atoms with van der Waals surface area (Å²) in [6.45, 7) is 0. The summed E-state index contributed by atoms with van der Waals surface area (Å²) in [5.41, 5.74) is 0. The van der Waals surface area contributed by atoms with Gasteiger partial charge in [-0.05, 0) is 12.8 Å². The van der Waals surface area contributed by atoms with Crippen molar-refractivity contribution in [1.82, 2.24) is 0 Å². The molecule has 0 saturated carbocycles. The standard InChI is InChI=1S/C18H26O8/c19-13(3-1-5-17(23)24)7-9-15(21)11-12-16(22)10-8-14(20)4-2-6-18(25)26/h1-12H2,(H,23,24)(H,25,26). The van der Waals surface area contributed by atoms with Crippen LogP contribution in [0.5, 0.6) is 0 Å². The van der Waals surface area contributed by atoms with Crippen LogP contribution >= 0.6 is 0 Å². The second-order valence-corrected chi connectivity index (χ2v) is 6.15. The maximum atomic E-state index is 11.7. The lowest BCUT2D eigenvalue weighted by atomic mass is 10.0. The van der Waals surface area contributed by atoms with Crippen molar-refractivity contribution < 1.29 is 39.0 Å². The second kappa shape index (κ2) is 13.9. The van der Waals surface area contributed by atoms with Crippen molar-refractivity contribution in [1.29, 1.82) is 0 Å². The SMILES string of the molecule is O=C(O)CCCC(=O)CCC(=O)CCC(=O)CCC(=O)CCCC(=O)O. The Balaban J connectivity index is 3.76. The molecule has 0 fully saturated rings. The zero-order chi connectivity index (χ0) is 19.9. The first-order chi connectivity index (χ1) is 12.2. The quantitative estimate of drug-likeness (QED) is 0.396. The molecule has 0 aliphatic rings. The molecule has 0 aliphatic heterocycles. The first-order valence-corrected chi connectivity index (χ1v) is 8.71. The second-order valence-electron chi connectivity index (χ2n) is 6.15. The summed E-state index contributed by atoms with van der Waals surface area (Å²) < 4.78 is 0. The van der Waals surface area contributed by atoms with E-state index in [4.69, 9.17) is 10.2 Å². The monoisotopic (exact) mass is 370 g/mol. The molecule has 0 bridgehead atoms. The smallest absolute Gasteiger partial charge is 0.303 e. The van der Waals surface area contributed by atoms with Crippen LogP contribution in [0.3, 0.4) is 0 Å². The molecule has 0 aromatic rings. The first-order valence-electron chi connectivity index (χ1n) is 8.71. The highest BCUT2D eigenvalue weighted by atomic mass is 16.4. The van der Waals surface area contributed by atoms with E-state index in [0.717, 1.165) is 0 Å². The van der Waals surface area contributed by atoms with Crippen LogP contribution in [-0.4, -0.2) is 45.3 Å². The van der Waals surface area contributed by atoms with E-state index < -0.39 is 11.9 Å². The van der Waals surface area contributed by atoms with Gasteiger partial charge >= 0.3 is 11.9 Å². The van der Waals surface area contributed by atoms with Gasteiger partial charge in [-0.3, -0.25) is 28.8 Å². The van der Waals surface area contributed by atoms with Gasteiger partial charge in [-0.25, -0.2) is 0 Å². The third-order valence-electron chi connectivity index (χ3n) is 3.74. The Labute approximate surface area is 152 Å². The minimum atomic E-state index is -0.965. The average molecular weight is 370 g/mol. The largest absolute Gasteiger partial charge is 0.481 e. The molecule has 0 heterocycles. The highest BCUT2D eigenvalue weighted by Gasteiger charge is 2.12. The van der Waals surface area contributed by atoms with Crippen LogP contribution in [0.25, 0.3) is 0 Å². The lowest BCUT2D eigenvalue weighted by Gasteiger charge is -2.02. The van der Waals surface area contributed by atoms with Gasteiger partial charge in [0.1, 0.15) is 23.1 Å². The van der Waals surface area contributed by atoms with Gasteiger partial charge in [0.2, 0.25) is 0 Å². The third kappa shape index (κ3) is 15.2. The van der Waals surface area contributed by atoms with Crippen molar-refractivity contribution in [2.24, 2.45) is 0 Å². The molecule has 146 valence electrons. The highest BCUT2D eigenvalue weighted by molar-refractivity contribution is 5.90. The molecular formula is C18H26O8. The summed E-state index contributed by atoms with van der Waals surface area (Å²) in [6, 6.07) is 0. The number of hydrogen-bond donors (Lipinski definition) is 2. The number of carboxylic acids is 2. The highest BCUT2D eigenvalue weighted by Crippen LogP contribution is 2.08. The number of Topliss-reactive ketones (excluding diaryl/α,β-unsaturated/α-hetero) is 4. The fraction of sp³-hybridized carbons (Fsp3) is 0.667. The molecule has 2 N–H and O–H groups in total. The molecule has 0 aliphatic carbocycles. The Bertz CT molecular complexity index is 487. The van der Waals surface area contributed by atoms with Crippen LogP contribution in [0, 0.1) is 0 Å².